The van der Waals surface area contributed by atoms with Gasteiger partial charge in [0.2, 0.25) is 0 Å². The zero-order chi connectivity index (χ0) is 16.4. The Balaban J connectivity index is 1.45. The van der Waals surface area contributed by atoms with Crippen LogP contribution in [0.25, 0.3) is 21.8 Å². The summed E-state index contributed by atoms with van der Waals surface area (Å²) in [6, 6.07) is 19.3. The van der Waals surface area contributed by atoms with E-state index in [-0.39, 0.29) is 12.5 Å². The van der Waals surface area contributed by atoms with Crippen LogP contribution in [0.1, 0.15) is 0 Å². The van der Waals surface area contributed by atoms with Gasteiger partial charge in [0.1, 0.15) is 16.8 Å². The van der Waals surface area contributed by atoms with Crippen LogP contribution in [-0.2, 0) is 4.79 Å². The smallest absolute Gasteiger partial charge is 0.262 e. The third-order valence-corrected chi connectivity index (χ3v) is 4.19. The molecule has 1 N–H and O–H groups in total. The molecule has 0 radical (unpaired) electrons. The van der Waals surface area contributed by atoms with Crippen molar-refractivity contribution in [3.05, 3.63) is 60.7 Å². The highest BCUT2D eigenvalue weighted by Gasteiger charge is 2.09. The van der Waals surface area contributed by atoms with Crippen LogP contribution in [-0.4, -0.2) is 21.3 Å². The highest BCUT2D eigenvalue weighted by atomic mass is 32.1. The molecular weight excluding hydrogens is 322 g/mol. The van der Waals surface area contributed by atoms with Gasteiger partial charge in [-0.1, -0.05) is 36.4 Å². The zero-order valence-corrected chi connectivity index (χ0v) is 13.4. The summed E-state index contributed by atoms with van der Waals surface area (Å²) in [4.78, 5) is 12.1. The minimum absolute atomic E-state index is 0.0632. The lowest BCUT2D eigenvalue weighted by atomic mass is 10.1. The summed E-state index contributed by atoms with van der Waals surface area (Å²) >= 11 is 1.12. The predicted octanol–water partition coefficient (Wildman–Crippen LogP) is 3.86. The average molecular weight is 335 g/mol. The molecule has 6 heteroatoms. The Hall–Kier alpha value is -2.99. The first kappa shape index (κ1) is 14.6. The first-order valence-electron chi connectivity index (χ1n) is 7.42. The van der Waals surface area contributed by atoms with E-state index in [1.54, 1.807) is 6.07 Å². The Morgan fingerprint density at radius 1 is 1.00 bits per heavy atom. The maximum Gasteiger partial charge on any atom is 0.262 e. The summed E-state index contributed by atoms with van der Waals surface area (Å²) < 4.78 is 14.0. The number of carbonyl (C=O) groups is 1. The van der Waals surface area contributed by atoms with E-state index in [9.17, 15) is 4.79 Å². The van der Waals surface area contributed by atoms with Crippen LogP contribution in [0.15, 0.2) is 60.7 Å². The molecule has 4 aromatic rings. The molecule has 0 saturated heterocycles. The molecule has 118 valence electrons. The molecule has 0 spiro atoms. The fraction of sp³-hybridized carbons (Fsp3) is 0.0556. The third kappa shape index (κ3) is 2.91. The molecule has 0 aliphatic rings. The van der Waals surface area contributed by atoms with Gasteiger partial charge in [-0.25, -0.2) is 0 Å². The number of nitrogens with zero attached hydrogens (tertiary/aromatic N) is 2. The van der Waals surface area contributed by atoms with Gasteiger partial charge in [-0.2, -0.15) is 8.75 Å². The number of hydrogen-bond acceptors (Lipinski definition) is 5. The Morgan fingerprint density at radius 2 is 1.88 bits per heavy atom. The summed E-state index contributed by atoms with van der Waals surface area (Å²) in [6.07, 6.45) is 0. The van der Waals surface area contributed by atoms with Gasteiger partial charge in [-0.15, -0.1) is 0 Å². The molecule has 5 nitrogen and oxygen atoms in total. The van der Waals surface area contributed by atoms with Crippen LogP contribution < -0.4 is 10.1 Å². The molecule has 0 aliphatic carbocycles. The minimum Gasteiger partial charge on any atom is -0.484 e. The van der Waals surface area contributed by atoms with Crippen molar-refractivity contribution in [1.29, 1.82) is 0 Å². The fourth-order valence-electron chi connectivity index (χ4n) is 2.50. The van der Waals surface area contributed by atoms with Crippen molar-refractivity contribution in [2.24, 2.45) is 0 Å². The van der Waals surface area contributed by atoms with E-state index in [2.05, 4.69) is 14.1 Å². The molecule has 24 heavy (non-hydrogen) atoms. The quantitative estimate of drug-likeness (QED) is 0.615. The zero-order valence-electron chi connectivity index (χ0n) is 12.6. The first-order valence-corrected chi connectivity index (χ1v) is 8.15. The number of aromatic nitrogens is 2. The van der Waals surface area contributed by atoms with Gasteiger partial charge in [0, 0.05) is 0 Å². The maximum absolute atomic E-state index is 12.1. The molecule has 0 atom stereocenters. The van der Waals surface area contributed by atoms with Crippen LogP contribution in [0.5, 0.6) is 5.75 Å². The molecule has 0 saturated carbocycles. The van der Waals surface area contributed by atoms with Gasteiger partial charge in [0.15, 0.2) is 6.61 Å². The number of hydrogen-bond donors (Lipinski definition) is 1. The molecule has 1 aromatic heterocycles. The normalized spacial score (nSPS) is 10.8. The van der Waals surface area contributed by atoms with Gasteiger partial charge in [-0.05, 0) is 35.0 Å². The number of rotatable bonds is 4. The van der Waals surface area contributed by atoms with E-state index < -0.39 is 0 Å². The maximum atomic E-state index is 12.1. The molecule has 1 heterocycles. The summed E-state index contributed by atoms with van der Waals surface area (Å²) in [7, 11) is 0. The molecule has 0 bridgehead atoms. The molecule has 4 rings (SSSR count). The topological polar surface area (TPSA) is 64.1 Å². The van der Waals surface area contributed by atoms with E-state index in [1.165, 1.54) is 0 Å². The number of ether oxygens (including phenoxy) is 1. The van der Waals surface area contributed by atoms with Crippen LogP contribution >= 0.6 is 11.7 Å². The Morgan fingerprint density at radius 3 is 2.79 bits per heavy atom. The van der Waals surface area contributed by atoms with Gasteiger partial charge in [-0.3, -0.25) is 4.79 Å². The van der Waals surface area contributed by atoms with Crippen molar-refractivity contribution in [3.63, 3.8) is 0 Å². The standard InChI is InChI=1S/C18H13N3O2S/c22-17(19-15-6-3-7-16-18(15)21-24-20-16)11-23-14-9-8-12-4-1-2-5-13(12)10-14/h1-10H,11H2,(H,19,22). The van der Waals surface area contributed by atoms with Crippen molar-refractivity contribution in [1.82, 2.24) is 8.75 Å². The van der Waals surface area contributed by atoms with E-state index in [4.69, 9.17) is 4.74 Å². The van der Waals surface area contributed by atoms with Crippen LogP contribution in [0.4, 0.5) is 5.69 Å². The number of fused-ring (bicyclic) bond motifs is 2. The van der Waals surface area contributed by atoms with Crippen molar-refractivity contribution in [3.8, 4) is 5.75 Å². The Bertz CT molecular complexity index is 1030. The second-order valence-corrected chi connectivity index (χ2v) is 5.81. The number of nitrogens with one attached hydrogen (secondary N) is 1. The molecular formula is C18H13N3O2S. The van der Waals surface area contributed by atoms with Crippen LogP contribution in [0.2, 0.25) is 0 Å². The monoisotopic (exact) mass is 335 g/mol. The number of carbonyl (C=O) groups excluding carboxylic acids is 1. The molecule has 0 aliphatic heterocycles. The molecule has 0 unspecified atom stereocenters. The van der Waals surface area contributed by atoms with Gasteiger partial charge >= 0.3 is 0 Å². The molecule has 3 aromatic carbocycles. The van der Waals surface area contributed by atoms with E-state index in [0.29, 0.717) is 17.0 Å². The number of anilines is 1. The van der Waals surface area contributed by atoms with Crippen molar-refractivity contribution >= 4 is 45.1 Å². The number of benzene rings is 3. The summed E-state index contributed by atoms with van der Waals surface area (Å²) in [5.74, 6) is 0.432. The molecule has 0 fully saturated rings. The molecule has 1 amide bonds. The highest BCUT2D eigenvalue weighted by Crippen LogP contribution is 2.22. The summed E-state index contributed by atoms with van der Waals surface area (Å²) in [6.45, 7) is -0.0632. The highest BCUT2D eigenvalue weighted by molar-refractivity contribution is 7.00. The minimum atomic E-state index is -0.233. The summed E-state index contributed by atoms with van der Waals surface area (Å²) in [5, 5.41) is 5.03. The largest absolute Gasteiger partial charge is 0.484 e. The third-order valence-electron chi connectivity index (χ3n) is 3.65. The van der Waals surface area contributed by atoms with Crippen molar-refractivity contribution in [2.45, 2.75) is 0 Å². The van der Waals surface area contributed by atoms with Crippen LogP contribution in [0, 0.1) is 0 Å². The van der Waals surface area contributed by atoms with E-state index in [0.717, 1.165) is 28.0 Å². The SMILES string of the molecule is O=C(COc1ccc2ccccc2c1)Nc1cccc2nsnc12. The van der Waals surface area contributed by atoms with Crippen molar-refractivity contribution in [2.75, 3.05) is 11.9 Å². The lowest BCUT2D eigenvalue weighted by Gasteiger charge is -2.08. The Labute approximate surface area is 142 Å². The Kier molecular flexibility index (Phi) is 3.80. The van der Waals surface area contributed by atoms with Crippen molar-refractivity contribution < 1.29 is 9.53 Å². The lowest BCUT2D eigenvalue weighted by Crippen LogP contribution is -2.20. The van der Waals surface area contributed by atoms with Gasteiger partial charge in [0.05, 0.1) is 17.4 Å². The lowest BCUT2D eigenvalue weighted by molar-refractivity contribution is -0.118. The first-order chi connectivity index (χ1) is 11.8. The second-order valence-electron chi connectivity index (χ2n) is 5.28. The predicted molar refractivity (Wildman–Crippen MR) is 95.5 cm³/mol. The average Bonchev–Trinajstić information content (AvgIpc) is 3.10. The van der Waals surface area contributed by atoms with Crippen LogP contribution in [0.3, 0.4) is 0 Å². The summed E-state index contributed by atoms with van der Waals surface area (Å²) in [5.41, 5.74) is 2.11. The fourth-order valence-corrected chi connectivity index (χ4v) is 3.05. The van der Waals surface area contributed by atoms with E-state index >= 15 is 0 Å². The van der Waals surface area contributed by atoms with E-state index in [1.807, 2.05) is 54.6 Å². The van der Waals surface area contributed by atoms with Gasteiger partial charge < -0.3 is 10.1 Å². The van der Waals surface area contributed by atoms with Gasteiger partial charge in [0.25, 0.3) is 5.91 Å². The number of amides is 1. The second kappa shape index (κ2) is 6.25.